The summed E-state index contributed by atoms with van der Waals surface area (Å²) in [5.74, 6) is 1.19. The number of carbonyl (C=O) groups excluding carboxylic acids is 1. The van der Waals surface area contributed by atoms with E-state index < -0.39 is 0 Å². The van der Waals surface area contributed by atoms with Gasteiger partial charge in [0.15, 0.2) is 11.5 Å². The van der Waals surface area contributed by atoms with Crippen LogP contribution in [0.4, 0.5) is 0 Å². The van der Waals surface area contributed by atoms with Crippen molar-refractivity contribution in [1.29, 1.82) is 0 Å². The number of hydrogen-bond acceptors (Lipinski definition) is 4. The van der Waals surface area contributed by atoms with Gasteiger partial charge >= 0.3 is 0 Å². The van der Waals surface area contributed by atoms with E-state index in [1.165, 1.54) is 0 Å². The van der Waals surface area contributed by atoms with Gasteiger partial charge in [-0.05, 0) is 52.8 Å². The monoisotopic (exact) mass is 438 g/mol. The maximum absolute atomic E-state index is 11.9. The van der Waals surface area contributed by atoms with E-state index in [0.717, 1.165) is 14.7 Å². The number of nitrogens with one attached hydrogen (secondary N) is 1. The van der Waals surface area contributed by atoms with Crippen molar-refractivity contribution in [1.82, 2.24) is 5.43 Å². The van der Waals surface area contributed by atoms with E-state index in [0.29, 0.717) is 24.5 Å². The first-order valence-electron chi connectivity index (χ1n) is 7.50. The molecule has 6 heteroatoms. The van der Waals surface area contributed by atoms with Gasteiger partial charge < -0.3 is 9.47 Å². The molecule has 2 aromatic carbocycles. The lowest BCUT2D eigenvalue weighted by Gasteiger charge is -2.12. The van der Waals surface area contributed by atoms with Crippen molar-refractivity contribution in [3.05, 3.63) is 57.2 Å². The van der Waals surface area contributed by atoms with Gasteiger partial charge in [0.2, 0.25) is 5.91 Å². The van der Waals surface area contributed by atoms with Gasteiger partial charge in [0, 0.05) is 0 Å². The Morgan fingerprint density at radius 3 is 2.71 bits per heavy atom. The topological polar surface area (TPSA) is 59.9 Å². The fourth-order valence-electron chi connectivity index (χ4n) is 2.10. The summed E-state index contributed by atoms with van der Waals surface area (Å²) in [6, 6.07) is 13.3. The standard InChI is InChI=1S/C18H19IN2O3/c1-3-24-18-15(19)9-14(10-16(18)23-2)12-20-21-17(22)11-13-7-5-4-6-8-13/h4-10,12H,3,11H2,1-2H3,(H,21,22)/b20-12-. The SMILES string of the molecule is CCOc1c(I)cc(/C=N\NC(=O)Cc2ccccc2)cc1OC. The Morgan fingerprint density at radius 2 is 2.04 bits per heavy atom. The first-order chi connectivity index (χ1) is 11.6. The summed E-state index contributed by atoms with van der Waals surface area (Å²) >= 11 is 2.18. The highest BCUT2D eigenvalue weighted by atomic mass is 127. The summed E-state index contributed by atoms with van der Waals surface area (Å²) in [6.07, 6.45) is 1.88. The van der Waals surface area contributed by atoms with Gasteiger partial charge in [-0.2, -0.15) is 5.10 Å². The molecule has 1 amide bonds. The maximum Gasteiger partial charge on any atom is 0.244 e. The Morgan fingerprint density at radius 1 is 1.29 bits per heavy atom. The molecule has 0 aliphatic carbocycles. The van der Waals surface area contributed by atoms with Crippen molar-refractivity contribution < 1.29 is 14.3 Å². The summed E-state index contributed by atoms with van der Waals surface area (Å²) in [7, 11) is 1.59. The third kappa shape index (κ3) is 5.23. The molecule has 0 aliphatic heterocycles. The zero-order chi connectivity index (χ0) is 17.4. The minimum absolute atomic E-state index is 0.162. The molecule has 0 heterocycles. The fraction of sp³-hybridized carbons (Fsp3) is 0.222. The minimum atomic E-state index is -0.162. The average molecular weight is 438 g/mol. The van der Waals surface area contributed by atoms with Crippen LogP contribution in [-0.2, 0) is 11.2 Å². The van der Waals surface area contributed by atoms with Crippen LogP contribution in [0, 0.1) is 3.57 Å². The Bertz CT molecular complexity index is 718. The maximum atomic E-state index is 11.9. The number of nitrogens with zero attached hydrogens (tertiary/aromatic N) is 1. The summed E-state index contributed by atoms with van der Waals surface area (Å²) in [5.41, 5.74) is 4.30. The number of methoxy groups -OCH3 is 1. The first kappa shape index (κ1) is 18.3. The molecule has 2 aromatic rings. The predicted octanol–water partition coefficient (Wildman–Crippen LogP) is 3.39. The number of ether oxygens (including phenoxy) is 2. The van der Waals surface area contributed by atoms with Gasteiger partial charge in [0.05, 0.1) is 29.9 Å². The zero-order valence-corrected chi connectivity index (χ0v) is 15.7. The van der Waals surface area contributed by atoms with E-state index in [9.17, 15) is 4.79 Å². The van der Waals surface area contributed by atoms with Crippen molar-refractivity contribution in [2.75, 3.05) is 13.7 Å². The quantitative estimate of drug-likeness (QED) is 0.410. The highest BCUT2D eigenvalue weighted by molar-refractivity contribution is 14.1. The molecule has 0 unspecified atom stereocenters. The van der Waals surface area contributed by atoms with Crippen LogP contribution < -0.4 is 14.9 Å². The average Bonchev–Trinajstić information content (AvgIpc) is 2.58. The van der Waals surface area contributed by atoms with Gasteiger partial charge in [-0.25, -0.2) is 5.43 Å². The van der Waals surface area contributed by atoms with Gasteiger partial charge in [-0.3, -0.25) is 4.79 Å². The lowest BCUT2D eigenvalue weighted by molar-refractivity contribution is -0.120. The van der Waals surface area contributed by atoms with E-state index in [4.69, 9.17) is 9.47 Å². The van der Waals surface area contributed by atoms with Crippen molar-refractivity contribution in [3.8, 4) is 11.5 Å². The van der Waals surface area contributed by atoms with Crippen LogP contribution in [0.1, 0.15) is 18.1 Å². The second kappa shape index (κ2) is 9.27. The van der Waals surface area contributed by atoms with Crippen molar-refractivity contribution in [2.24, 2.45) is 5.10 Å². The lowest BCUT2D eigenvalue weighted by Crippen LogP contribution is -2.19. The molecule has 0 spiro atoms. The van der Waals surface area contributed by atoms with Crippen LogP contribution in [0.25, 0.3) is 0 Å². The van der Waals surface area contributed by atoms with E-state index in [-0.39, 0.29) is 5.91 Å². The number of carbonyl (C=O) groups is 1. The van der Waals surface area contributed by atoms with Gasteiger partial charge in [0.1, 0.15) is 0 Å². The summed E-state index contributed by atoms with van der Waals surface area (Å²) in [5, 5.41) is 4.01. The highest BCUT2D eigenvalue weighted by Crippen LogP contribution is 2.33. The first-order valence-corrected chi connectivity index (χ1v) is 8.58. The molecule has 1 N–H and O–H groups in total. The highest BCUT2D eigenvalue weighted by Gasteiger charge is 2.10. The van der Waals surface area contributed by atoms with Crippen LogP contribution in [-0.4, -0.2) is 25.8 Å². The third-order valence-electron chi connectivity index (χ3n) is 3.15. The molecule has 0 saturated carbocycles. The Kier molecular flexibility index (Phi) is 7.05. The predicted molar refractivity (Wildman–Crippen MR) is 103 cm³/mol. The van der Waals surface area contributed by atoms with Crippen molar-refractivity contribution in [3.63, 3.8) is 0 Å². The Balaban J connectivity index is 2.01. The summed E-state index contributed by atoms with van der Waals surface area (Å²) in [6.45, 7) is 2.49. The van der Waals surface area contributed by atoms with Gasteiger partial charge in [-0.1, -0.05) is 30.3 Å². The van der Waals surface area contributed by atoms with E-state index >= 15 is 0 Å². The van der Waals surface area contributed by atoms with E-state index in [1.807, 2.05) is 49.4 Å². The van der Waals surface area contributed by atoms with Crippen LogP contribution in [0.3, 0.4) is 0 Å². The molecule has 0 fully saturated rings. The Hall–Kier alpha value is -2.09. The smallest absolute Gasteiger partial charge is 0.244 e. The second-order valence-corrected chi connectivity index (χ2v) is 6.08. The number of halogens is 1. The van der Waals surface area contributed by atoms with E-state index in [1.54, 1.807) is 13.3 Å². The summed E-state index contributed by atoms with van der Waals surface area (Å²) < 4.78 is 11.8. The fourth-order valence-corrected chi connectivity index (χ4v) is 2.88. The molecular weight excluding hydrogens is 419 g/mol. The van der Waals surface area contributed by atoms with Crippen molar-refractivity contribution >= 4 is 34.7 Å². The molecule has 0 atom stereocenters. The molecular formula is C18H19IN2O3. The molecule has 0 aromatic heterocycles. The van der Waals surface area contributed by atoms with Gasteiger partial charge in [-0.15, -0.1) is 0 Å². The van der Waals surface area contributed by atoms with Crippen LogP contribution in [0.2, 0.25) is 0 Å². The molecule has 0 radical (unpaired) electrons. The molecule has 0 bridgehead atoms. The lowest BCUT2D eigenvalue weighted by atomic mass is 10.1. The van der Waals surface area contributed by atoms with Crippen molar-refractivity contribution in [2.45, 2.75) is 13.3 Å². The zero-order valence-electron chi connectivity index (χ0n) is 13.6. The number of hydrazone groups is 1. The molecule has 5 nitrogen and oxygen atoms in total. The van der Waals surface area contributed by atoms with Crippen LogP contribution in [0.15, 0.2) is 47.6 Å². The Labute approximate surface area is 155 Å². The largest absolute Gasteiger partial charge is 0.493 e. The molecule has 2 rings (SSSR count). The van der Waals surface area contributed by atoms with Gasteiger partial charge in [0.25, 0.3) is 0 Å². The number of amides is 1. The normalized spacial score (nSPS) is 10.6. The van der Waals surface area contributed by atoms with Crippen LogP contribution in [0.5, 0.6) is 11.5 Å². The molecule has 126 valence electrons. The third-order valence-corrected chi connectivity index (χ3v) is 3.95. The molecule has 24 heavy (non-hydrogen) atoms. The van der Waals surface area contributed by atoms with Crippen LogP contribution >= 0.6 is 22.6 Å². The number of hydrogen-bond donors (Lipinski definition) is 1. The summed E-state index contributed by atoms with van der Waals surface area (Å²) in [4.78, 5) is 11.9. The van der Waals surface area contributed by atoms with E-state index in [2.05, 4.69) is 33.1 Å². The molecule has 0 saturated heterocycles. The molecule has 0 aliphatic rings. The minimum Gasteiger partial charge on any atom is -0.493 e. The number of rotatable bonds is 7. The number of benzene rings is 2. The second-order valence-electron chi connectivity index (χ2n) is 4.92.